The number of hydrogen-bond acceptors (Lipinski definition) is 5. The average Bonchev–Trinajstić information content (AvgIpc) is 2.84. The normalized spacial score (nSPS) is 10.9. The number of nitrogens with zero attached hydrogens (tertiary/aromatic N) is 1. The smallest absolute Gasteiger partial charge is 0.335 e. The molecule has 35 heavy (non-hydrogen) atoms. The molecule has 0 bridgehead atoms. The highest BCUT2D eigenvalue weighted by Crippen LogP contribution is 2.35. The molecule has 0 atom stereocenters. The van der Waals surface area contributed by atoms with Crippen LogP contribution in [0.2, 0.25) is 0 Å². The van der Waals surface area contributed by atoms with E-state index in [1.165, 1.54) is 24.3 Å². The van der Waals surface area contributed by atoms with Crippen LogP contribution in [0, 0.1) is 18.3 Å². The molecule has 0 fully saturated rings. The van der Waals surface area contributed by atoms with Crippen molar-refractivity contribution in [1.82, 2.24) is 0 Å². The maximum absolute atomic E-state index is 12.7. The van der Waals surface area contributed by atoms with E-state index in [-0.39, 0.29) is 16.8 Å². The number of aromatic carboxylic acids is 1. The Bertz CT molecular complexity index is 1310. The topological polar surface area (TPSA) is 109 Å². The van der Waals surface area contributed by atoms with Gasteiger partial charge in [0.15, 0.2) is 11.5 Å². The minimum Gasteiger partial charge on any atom is -0.490 e. The van der Waals surface area contributed by atoms with Gasteiger partial charge in [-0.15, -0.1) is 0 Å². The number of benzene rings is 3. The van der Waals surface area contributed by atoms with E-state index >= 15 is 0 Å². The minimum atomic E-state index is -1.12. The van der Waals surface area contributed by atoms with Gasteiger partial charge in [0.25, 0.3) is 5.91 Å². The van der Waals surface area contributed by atoms with Gasteiger partial charge in [0, 0.05) is 10.2 Å². The summed E-state index contributed by atoms with van der Waals surface area (Å²) in [6.45, 7) is 4.62. The van der Waals surface area contributed by atoms with Crippen molar-refractivity contribution >= 4 is 39.6 Å². The molecule has 3 aromatic rings. The molecule has 8 heteroatoms. The molecule has 0 aromatic heterocycles. The average molecular weight is 535 g/mol. The van der Waals surface area contributed by atoms with Gasteiger partial charge in [-0.1, -0.05) is 51.8 Å². The van der Waals surface area contributed by atoms with Crippen molar-refractivity contribution in [2.24, 2.45) is 0 Å². The second-order valence-corrected chi connectivity index (χ2v) is 8.39. The molecule has 2 N–H and O–H groups in total. The van der Waals surface area contributed by atoms with Gasteiger partial charge in [-0.05, 0) is 61.4 Å². The van der Waals surface area contributed by atoms with Gasteiger partial charge in [-0.25, -0.2) is 4.79 Å². The molecule has 1 amide bonds. The summed E-state index contributed by atoms with van der Waals surface area (Å²) in [7, 11) is 0. The van der Waals surface area contributed by atoms with E-state index in [1.807, 2.05) is 44.2 Å². The van der Waals surface area contributed by atoms with Crippen molar-refractivity contribution in [3.8, 4) is 17.6 Å². The van der Waals surface area contributed by atoms with Crippen LogP contribution >= 0.6 is 15.9 Å². The number of anilines is 1. The number of carboxylic acid groups (broad SMARTS) is 1. The van der Waals surface area contributed by atoms with E-state index in [4.69, 9.17) is 14.6 Å². The third-order valence-electron chi connectivity index (χ3n) is 4.91. The molecule has 0 aliphatic rings. The van der Waals surface area contributed by atoms with Crippen molar-refractivity contribution in [2.75, 3.05) is 11.9 Å². The third kappa shape index (κ3) is 6.95. The molecule has 0 saturated carbocycles. The van der Waals surface area contributed by atoms with Crippen LogP contribution in [0.3, 0.4) is 0 Å². The Morgan fingerprint density at radius 1 is 1.09 bits per heavy atom. The second-order valence-electron chi connectivity index (χ2n) is 7.54. The van der Waals surface area contributed by atoms with E-state index in [9.17, 15) is 14.9 Å². The number of halogens is 1. The first-order chi connectivity index (χ1) is 16.8. The molecule has 0 heterocycles. The van der Waals surface area contributed by atoms with Gasteiger partial charge in [-0.2, -0.15) is 5.26 Å². The Balaban J connectivity index is 1.84. The number of amides is 1. The minimum absolute atomic E-state index is 0.0237. The third-order valence-corrected chi connectivity index (χ3v) is 5.60. The van der Waals surface area contributed by atoms with Gasteiger partial charge in [0.1, 0.15) is 18.2 Å². The maximum atomic E-state index is 12.7. The summed E-state index contributed by atoms with van der Waals surface area (Å²) in [6.07, 6.45) is 1.42. The molecule has 0 spiro atoms. The summed E-state index contributed by atoms with van der Waals surface area (Å²) in [4.78, 5) is 23.8. The van der Waals surface area contributed by atoms with Crippen LogP contribution in [0.4, 0.5) is 5.69 Å². The Morgan fingerprint density at radius 2 is 1.80 bits per heavy atom. The first-order valence-corrected chi connectivity index (χ1v) is 11.5. The van der Waals surface area contributed by atoms with Crippen molar-refractivity contribution in [2.45, 2.75) is 20.5 Å². The van der Waals surface area contributed by atoms with Crippen LogP contribution in [0.1, 0.15) is 34.0 Å². The van der Waals surface area contributed by atoms with Crippen LogP contribution in [0.25, 0.3) is 6.08 Å². The monoisotopic (exact) mass is 534 g/mol. The highest BCUT2D eigenvalue weighted by atomic mass is 79.9. The molecule has 0 unspecified atom stereocenters. The molecule has 0 aliphatic heterocycles. The Morgan fingerprint density at radius 3 is 2.46 bits per heavy atom. The highest BCUT2D eigenvalue weighted by Gasteiger charge is 2.15. The summed E-state index contributed by atoms with van der Waals surface area (Å²) < 4.78 is 12.3. The summed E-state index contributed by atoms with van der Waals surface area (Å²) in [6, 6.07) is 19.1. The molecule has 0 aliphatic carbocycles. The number of hydrogen-bond donors (Lipinski definition) is 2. The highest BCUT2D eigenvalue weighted by molar-refractivity contribution is 9.10. The molecule has 178 valence electrons. The van der Waals surface area contributed by atoms with E-state index in [0.29, 0.717) is 34.7 Å². The van der Waals surface area contributed by atoms with Crippen LogP contribution in [-0.4, -0.2) is 23.6 Å². The summed E-state index contributed by atoms with van der Waals surface area (Å²) in [5, 5.41) is 21.3. The van der Waals surface area contributed by atoms with E-state index in [1.54, 1.807) is 18.2 Å². The fourth-order valence-corrected chi connectivity index (χ4v) is 3.56. The number of carbonyl (C=O) groups excluding carboxylic acids is 1. The zero-order valence-electron chi connectivity index (χ0n) is 19.2. The number of carboxylic acids is 1. The molecular weight excluding hydrogens is 512 g/mol. The summed E-state index contributed by atoms with van der Waals surface area (Å²) in [5.74, 6) is -0.792. The molecule has 3 aromatic carbocycles. The van der Waals surface area contributed by atoms with Gasteiger partial charge >= 0.3 is 5.97 Å². The molecule has 0 saturated heterocycles. The van der Waals surface area contributed by atoms with E-state index in [2.05, 4.69) is 21.2 Å². The Hall–Kier alpha value is -4.09. The number of ether oxygens (including phenoxy) is 2. The molecule has 3 rings (SSSR count). The second kappa shape index (κ2) is 11.9. The van der Waals surface area contributed by atoms with Gasteiger partial charge in [0.2, 0.25) is 0 Å². The van der Waals surface area contributed by atoms with Crippen LogP contribution in [0.5, 0.6) is 11.5 Å². The van der Waals surface area contributed by atoms with Gasteiger partial charge < -0.3 is 19.9 Å². The fraction of sp³-hybridized carbons (Fsp3) is 0.148. The quantitative estimate of drug-likeness (QED) is 0.258. The molecular formula is C27H23BrN2O5. The number of nitrogens with one attached hydrogen (secondary N) is 1. The number of carbonyl (C=O) groups is 2. The molecule has 7 nitrogen and oxygen atoms in total. The first kappa shape index (κ1) is 25.5. The lowest BCUT2D eigenvalue weighted by Gasteiger charge is -2.14. The van der Waals surface area contributed by atoms with Crippen molar-refractivity contribution < 1.29 is 24.2 Å². The van der Waals surface area contributed by atoms with E-state index in [0.717, 1.165) is 11.1 Å². The summed E-state index contributed by atoms with van der Waals surface area (Å²) in [5.41, 5.74) is 2.84. The van der Waals surface area contributed by atoms with Crippen LogP contribution in [0.15, 0.2) is 70.7 Å². The van der Waals surface area contributed by atoms with Crippen LogP contribution < -0.4 is 14.8 Å². The maximum Gasteiger partial charge on any atom is 0.335 e. The van der Waals surface area contributed by atoms with Crippen LogP contribution in [-0.2, 0) is 11.4 Å². The van der Waals surface area contributed by atoms with Crippen molar-refractivity contribution in [3.63, 3.8) is 0 Å². The first-order valence-electron chi connectivity index (χ1n) is 10.7. The number of aryl methyl sites for hydroxylation is 1. The van der Waals surface area contributed by atoms with E-state index < -0.39 is 11.9 Å². The lowest BCUT2D eigenvalue weighted by molar-refractivity contribution is -0.112. The molecule has 0 radical (unpaired) electrons. The zero-order chi connectivity index (χ0) is 25.4. The lowest BCUT2D eigenvalue weighted by Crippen LogP contribution is -2.14. The fourth-order valence-electron chi connectivity index (χ4n) is 3.12. The Labute approximate surface area is 211 Å². The standard InChI is InChI=1S/C27H23BrN2O5/c1-3-34-24-13-20(23(28)14-25(24)35-16-18-9-7-17(2)8-10-18)11-21(15-29)26(31)30-22-6-4-5-19(12-22)27(32)33/h4-14H,3,16H2,1-2H3,(H,30,31)(H,32,33)/b21-11-. The Kier molecular flexibility index (Phi) is 8.65. The lowest BCUT2D eigenvalue weighted by atomic mass is 10.1. The predicted molar refractivity (Wildman–Crippen MR) is 136 cm³/mol. The summed E-state index contributed by atoms with van der Waals surface area (Å²) >= 11 is 3.48. The number of nitriles is 1. The predicted octanol–water partition coefficient (Wildman–Crippen LogP) is 5.98. The van der Waals surface area contributed by atoms with Gasteiger partial charge in [0.05, 0.1) is 12.2 Å². The van der Waals surface area contributed by atoms with Gasteiger partial charge in [-0.3, -0.25) is 4.79 Å². The van der Waals surface area contributed by atoms with Crippen molar-refractivity contribution in [1.29, 1.82) is 5.26 Å². The SMILES string of the molecule is CCOc1cc(/C=C(/C#N)C(=O)Nc2cccc(C(=O)O)c2)c(Br)cc1OCc1ccc(C)cc1. The number of rotatable bonds is 9. The largest absolute Gasteiger partial charge is 0.490 e. The zero-order valence-corrected chi connectivity index (χ0v) is 20.8. The van der Waals surface area contributed by atoms with Crippen molar-refractivity contribution in [3.05, 3.63) is 93.0 Å².